The van der Waals surface area contributed by atoms with Crippen LogP contribution in [0.4, 0.5) is 14.5 Å². The molecule has 0 aliphatic carbocycles. The lowest BCUT2D eigenvalue weighted by atomic mass is 9.90. The van der Waals surface area contributed by atoms with Crippen molar-refractivity contribution in [3.63, 3.8) is 0 Å². The maximum atomic E-state index is 15.8. The van der Waals surface area contributed by atoms with Crippen LogP contribution in [0.3, 0.4) is 0 Å². The molecule has 3 heterocycles. The SMILES string of the molecule is CCOC(=O)CC(=O)C1CCN(C(=O)/C=C2/c3ccccc3N(C(=O)c3sc(-c4ccccc4)nc3C)CCC2(F)F)CC1. The number of hydrogen-bond donors (Lipinski definition) is 0. The first-order valence-corrected chi connectivity index (χ1v) is 15.4. The quantitative estimate of drug-likeness (QED) is 0.184. The van der Waals surface area contributed by atoms with Crippen LogP contribution in [0.5, 0.6) is 0 Å². The zero-order chi connectivity index (χ0) is 31.4. The monoisotopic (exact) mass is 621 g/mol. The minimum Gasteiger partial charge on any atom is -0.466 e. The highest BCUT2D eigenvalue weighted by Gasteiger charge is 2.42. The van der Waals surface area contributed by atoms with Gasteiger partial charge < -0.3 is 14.5 Å². The molecule has 0 spiro atoms. The number of piperidine rings is 1. The molecule has 0 radical (unpaired) electrons. The Morgan fingerprint density at radius 1 is 1.02 bits per heavy atom. The molecule has 0 atom stereocenters. The lowest BCUT2D eigenvalue weighted by Crippen LogP contribution is -2.40. The summed E-state index contributed by atoms with van der Waals surface area (Å²) in [5.41, 5.74) is 1.34. The third-order valence-corrected chi connectivity index (χ3v) is 9.13. The summed E-state index contributed by atoms with van der Waals surface area (Å²) in [4.78, 5) is 59.0. The van der Waals surface area contributed by atoms with Crippen LogP contribution >= 0.6 is 11.3 Å². The van der Waals surface area contributed by atoms with Gasteiger partial charge in [-0.2, -0.15) is 0 Å². The predicted octanol–water partition coefficient (Wildman–Crippen LogP) is 5.95. The normalized spacial score (nSPS) is 17.6. The number of carbonyl (C=O) groups excluding carboxylic acids is 4. The van der Waals surface area contributed by atoms with Gasteiger partial charge in [-0.05, 0) is 32.8 Å². The summed E-state index contributed by atoms with van der Waals surface area (Å²) in [5, 5.41) is 0.664. The topological polar surface area (TPSA) is 96.9 Å². The van der Waals surface area contributed by atoms with E-state index in [9.17, 15) is 19.2 Å². The van der Waals surface area contributed by atoms with E-state index in [1.807, 2.05) is 30.3 Å². The standard InChI is InChI=1S/C33H33F2N3O5S/c1-3-43-29(41)20-27(39)22-13-16-37(17-14-22)28(40)19-25-24-11-7-8-12-26(24)38(18-15-33(25,34)35)32(42)30-21(2)36-31(44-30)23-9-5-4-6-10-23/h4-12,19,22H,3,13-18,20H2,1-2H3/b25-19-. The fourth-order valence-electron chi connectivity index (χ4n) is 5.59. The fraction of sp³-hybridized carbons (Fsp3) is 0.364. The van der Waals surface area contributed by atoms with Gasteiger partial charge in [0.25, 0.3) is 11.8 Å². The molecular weight excluding hydrogens is 588 g/mol. The Kier molecular flexibility index (Phi) is 9.33. The molecule has 1 fully saturated rings. The number of nitrogens with zero attached hydrogens (tertiary/aromatic N) is 3. The molecule has 0 saturated carbocycles. The van der Waals surface area contributed by atoms with Crippen molar-refractivity contribution in [3.05, 3.63) is 76.8 Å². The van der Waals surface area contributed by atoms with Gasteiger partial charge in [0.2, 0.25) is 5.91 Å². The number of alkyl halides is 2. The van der Waals surface area contributed by atoms with Crippen molar-refractivity contribution in [2.75, 3.05) is 31.1 Å². The van der Waals surface area contributed by atoms with Gasteiger partial charge in [-0.3, -0.25) is 19.2 Å². The van der Waals surface area contributed by atoms with Gasteiger partial charge in [0, 0.05) is 54.7 Å². The number of esters is 1. The van der Waals surface area contributed by atoms with Crippen LogP contribution in [0.25, 0.3) is 16.1 Å². The number of benzene rings is 2. The van der Waals surface area contributed by atoms with Gasteiger partial charge in [0.05, 0.1) is 18.0 Å². The number of anilines is 1. The number of amides is 2. The minimum atomic E-state index is -3.38. The van der Waals surface area contributed by atoms with Crippen LogP contribution in [0.2, 0.25) is 0 Å². The van der Waals surface area contributed by atoms with Crippen LogP contribution in [0.15, 0.2) is 60.7 Å². The van der Waals surface area contributed by atoms with Gasteiger partial charge in [0.15, 0.2) is 0 Å². The average molecular weight is 622 g/mol. The molecule has 5 rings (SSSR count). The molecule has 0 N–H and O–H groups in total. The van der Waals surface area contributed by atoms with Crippen molar-refractivity contribution in [2.45, 2.75) is 45.5 Å². The summed E-state index contributed by atoms with van der Waals surface area (Å²) in [6.45, 7) is 3.73. The van der Waals surface area contributed by atoms with E-state index in [1.54, 1.807) is 32.0 Å². The Morgan fingerprint density at radius 2 is 1.70 bits per heavy atom. The molecule has 1 saturated heterocycles. The van der Waals surface area contributed by atoms with Gasteiger partial charge in [0.1, 0.15) is 22.1 Å². The zero-order valence-corrected chi connectivity index (χ0v) is 25.4. The summed E-state index contributed by atoms with van der Waals surface area (Å²) in [5.74, 6) is -5.61. The van der Waals surface area contributed by atoms with Gasteiger partial charge in [-0.15, -0.1) is 11.3 Å². The third kappa shape index (κ3) is 6.62. The van der Waals surface area contributed by atoms with E-state index < -0.39 is 41.6 Å². The number of Topliss-reactive ketones (excluding diaryl/α,β-unsaturated/α-hetero) is 1. The van der Waals surface area contributed by atoms with E-state index in [0.717, 1.165) is 11.6 Å². The molecule has 11 heteroatoms. The molecule has 230 valence electrons. The summed E-state index contributed by atoms with van der Waals surface area (Å²) >= 11 is 1.22. The Balaban J connectivity index is 1.37. The second-order valence-electron chi connectivity index (χ2n) is 10.8. The fourth-order valence-corrected chi connectivity index (χ4v) is 6.61. The summed E-state index contributed by atoms with van der Waals surface area (Å²) < 4.78 is 36.4. The first kappa shape index (κ1) is 31.2. The van der Waals surface area contributed by atoms with Crippen molar-refractivity contribution < 1.29 is 32.7 Å². The number of halogens is 2. The number of ether oxygens (including phenoxy) is 1. The highest BCUT2D eigenvalue weighted by molar-refractivity contribution is 7.17. The van der Waals surface area contributed by atoms with E-state index in [0.29, 0.717) is 34.1 Å². The lowest BCUT2D eigenvalue weighted by molar-refractivity contribution is -0.147. The number of allylic oxidation sites excluding steroid dienone is 1. The lowest BCUT2D eigenvalue weighted by Gasteiger charge is -2.31. The van der Waals surface area contributed by atoms with Crippen LogP contribution < -0.4 is 4.90 Å². The summed E-state index contributed by atoms with van der Waals surface area (Å²) in [6.07, 6.45) is 0.659. The number of carbonyl (C=O) groups is 4. The Labute approximate surface area is 258 Å². The van der Waals surface area contributed by atoms with Gasteiger partial charge in [-0.25, -0.2) is 13.8 Å². The number of ketones is 1. The van der Waals surface area contributed by atoms with Crippen LogP contribution in [-0.4, -0.2) is 65.6 Å². The number of hydrogen-bond acceptors (Lipinski definition) is 7. The van der Waals surface area contributed by atoms with E-state index in [-0.39, 0.29) is 44.0 Å². The van der Waals surface area contributed by atoms with E-state index in [4.69, 9.17) is 4.74 Å². The first-order chi connectivity index (χ1) is 21.1. The molecule has 2 aromatic carbocycles. The highest BCUT2D eigenvalue weighted by atomic mass is 32.1. The second-order valence-corrected chi connectivity index (χ2v) is 11.8. The van der Waals surface area contributed by atoms with Gasteiger partial charge >= 0.3 is 5.97 Å². The zero-order valence-electron chi connectivity index (χ0n) is 24.6. The number of rotatable bonds is 7. The van der Waals surface area contributed by atoms with Crippen molar-refractivity contribution in [1.29, 1.82) is 0 Å². The number of para-hydroxylation sites is 1. The van der Waals surface area contributed by atoms with Crippen molar-refractivity contribution in [1.82, 2.24) is 9.88 Å². The highest BCUT2D eigenvalue weighted by Crippen LogP contribution is 2.44. The predicted molar refractivity (Wildman–Crippen MR) is 164 cm³/mol. The molecule has 1 aromatic heterocycles. The maximum absolute atomic E-state index is 15.8. The Hall–Kier alpha value is -4.25. The molecular formula is C33H33F2N3O5S. The Morgan fingerprint density at radius 3 is 2.41 bits per heavy atom. The molecule has 0 bridgehead atoms. The second kappa shape index (κ2) is 13.2. The van der Waals surface area contributed by atoms with E-state index >= 15 is 8.78 Å². The van der Waals surface area contributed by atoms with Gasteiger partial charge in [-0.1, -0.05) is 48.5 Å². The molecule has 3 aromatic rings. The molecule has 2 aliphatic rings. The number of thiazole rings is 1. The molecule has 2 amide bonds. The van der Waals surface area contributed by atoms with E-state index in [1.165, 1.54) is 27.2 Å². The smallest absolute Gasteiger partial charge is 0.313 e. The van der Waals surface area contributed by atoms with Crippen molar-refractivity contribution in [3.8, 4) is 10.6 Å². The average Bonchev–Trinajstić information content (AvgIpc) is 3.37. The van der Waals surface area contributed by atoms with Crippen molar-refractivity contribution >= 4 is 46.2 Å². The first-order valence-electron chi connectivity index (χ1n) is 14.6. The summed E-state index contributed by atoms with van der Waals surface area (Å²) in [6, 6.07) is 15.8. The molecule has 0 unspecified atom stereocenters. The molecule has 8 nitrogen and oxygen atoms in total. The van der Waals surface area contributed by atoms with Crippen LogP contribution in [0.1, 0.15) is 53.5 Å². The minimum absolute atomic E-state index is 0.113. The Bertz CT molecular complexity index is 1600. The summed E-state index contributed by atoms with van der Waals surface area (Å²) in [7, 11) is 0. The van der Waals surface area contributed by atoms with Crippen LogP contribution in [0, 0.1) is 12.8 Å². The number of likely N-dealkylation sites (tertiary alicyclic amines) is 1. The molecule has 44 heavy (non-hydrogen) atoms. The maximum Gasteiger partial charge on any atom is 0.313 e. The van der Waals surface area contributed by atoms with E-state index in [2.05, 4.69) is 4.98 Å². The number of aromatic nitrogens is 1. The van der Waals surface area contributed by atoms with Crippen LogP contribution in [-0.2, 0) is 19.1 Å². The largest absolute Gasteiger partial charge is 0.466 e. The molecule has 2 aliphatic heterocycles. The number of fused-ring (bicyclic) bond motifs is 1. The third-order valence-electron chi connectivity index (χ3n) is 7.94. The number of aryl methyl sites for hydroxylation is 1. The van der Waals surface area contributed by atoms with Crippen molar-refractivity contribution in [2.24, 2.45) is 5.92 Å².